The number of amides is 2. The Morgan fingerprint density at radius 2 is 1.92 bits per heavy atom. The molecule has 2 amide bonds. The van der Waals surface area contributed by atoms with E-state index in [-0.39, 0.29) is 12.6 Å². The molecule has 1 aromatic carbocycles. The SMILES string of the molecule is O=C(CNC(=O)N1CCN(C2CCNC2)CC1)Oc1ccccc1. The molecule has 2 aliphatic rings. The second-order valence-corrected chi connectivity index (χ2v) is 6.12. The molecule has 2 N–H and O–H groups in total. The summed E-state index contributed by atoms with van der Waals surface area (Å²) in [5.41, 5.74) is 0. The van der Waals surface area contributed by atoms with Gasteiger partial charge < -0.3 is 20.3 Å². The fourth-order valence-corrected chi connectivity index (χ4v) is 3.16. The zero-order chi connectivity index (χ0) is 16.8. The first-order valence-electron chi connectivity index (χ1n) is 8.45. The molecule has 0 aliphatic carbocycles. The molecule has 130 valence electrons. The molecule has 1 aromatic rings. The first-order chi connectivity index (χ1) is 11.7. The fraction of sp³-hybridized carbons (Fsp3) is 0.529. The smallest absolute Gasteiger partial charge is 0.330 e. The van der Waals surface area contributed by atoms with E-state index in [2.05, 4.69) is 15.5 Å². The number of rotatable bonds is 4. The summed E-state index contributed by atoms with van der Waals surface area (Å²) in [7, 11) is 0. The number of hydrogen-bond acceptors (Lipinski definition) is 5. The van der Waals surface area contributed by atoms with Gasteiger partial charge >= 0.3 is 12.0 Å². The molecule has 2 heterocycles. The van der Waals surface area contributed by atoms with Crippen LogP contribution in [0.4, 0.5) is 4.79 Å². The highest BCUT2D eigenvalue weighted by atomic mass is 16.5. The van der Waals surface area contributed by atoms with Crippen LogP contribution in [0.25, 0.3) is 0 Å². The molecule has 1 atom stereocenters. The molecule has 0 spiro atoms. The number of urea groups is 1. The monoisotopic (exact) mass is 332 g/mol. The minimum Gasteiger partial charge on any atom is -0.425 e. The van der Waals surface area contributed by atoms with E-state index in [4.69, 9.17) is 4.74 Å². The number of benzene rings is 1. The summed E-state index contributed by atoms with van der Waals surface area (Å²) < 4.78 is 5.15. The number of nitrogens with one attached hydrogen (secondary N) is 2. The van der Waals surface area contributed by atoms with Gasteiger partial charge in [-0.3, -0.25) is 4.90 Å². The lowest BCUT2D eigenvalue weighted by Gasteiger charge is -2.37. The maximum Gasteiger partial charge on any atom is 0.330 e. The number of esters is 1. The first-order valence-corrected chi connectivity index (χ1v) is 8.45. The lowest BCUT2D eigenvalue weighted by atomic mass is 10.2. The Morgan fingerprint density at radius 3 is 2.58 bits per heavy atom. The van der Waals surface area contributed by atoms with Crippen LogP contribution in [-0.4, -0.2) is 73.7 Å². The molecule has 0 saturated carbocycles. The minimum atomic E-state index is -0.467. The van der Waals surface area contributed by atoms with Gasteiger partial charge in [0.2, 0.25) is 0 Å². The summed E-state index contributed by atoms with van der Waals surface area (Å²) in [6.45, 7) is 5.14. The molecule has 0 bridgehead atoms. The quantitative estimate of drug-likeness (QED) is 0.612. The van der Waals surface area contributed by atoms with Crippen molar-refractivity contribution in [1.29, 1.82) is 0 Å². The van der Waals surface area contributed by atoms with Gasteiger partial charge in [0, 0.05) is 38.8 Å². The van der Waals surface area contributed by atoms with Crippen LogP contribution >= 0.6 is 0 Å². The van der Waals surface area contributed by atoms with Crippen LogP contribution in [0.1, 0.15) is 6.42 Å². The Hall–Kier alpha value is -2.12. The molecule has 7 nitrogen and oxygen atoms in total. The molecular weight excluding hydrogens is 308 g/mol. The van der Waals surface area contributed by atoms with E-state index in [0.29, 0.717) is 24.9 Å². The van der Waals surface area contributed by atoms with Gasteiger partial charge in [0.15, 0.2) is 0 Å². The zero-order valence-corrected chi connectivity index (χ0v) is 13.7. The molecular formula is C17H24N4O3. The number of nitrogens with zero attached hydrogens (tertiary/aromatic N) is 2. The third kappa shape index (κ3) is 4.46. The summed E-state index contributed by atoms with van der Waals surface area (Å²) in [6, 6.07) is 9.23. The van der Waals surface area contributed by atoms with Gasteiger partial charge in [-0.05, 0) is 25.1 Å². The highest BCUT2D eigenvalue weighted by molar-refractivity contribution is 5.82. The number of carbonyl (C=O) groups is 2. The van der Waals surface area contributed by atoms with Crippen LogP contribution in [0.15, 0.2) is 30.3 Å². The number of carbonyl (C=O) groups excluding carboxylic acids is 2. The summed E-state index contributed by atoms with van der Waals surface area (Å²) in [5, 5.41) is 6.01. The van der Waals surface area contributed by atoms with E-state index >= 15 is 0 Å². The van der Waals surface area contributed by atoms with Crippen LogP contribution in [0.3, 0.4) is 0 Å². The van der Waals surface area contributed by atoms with Gasteiger partial charge in [-0.2, -0.15) is 0 Å². The van der Waals surface area contributed by atoms with Crippen LogP contribution in [0.5, 0.6) is 5.75 Å². The van der Waals surface area contributed by atoms with Crippen molar-refractivity contribution in [3.63, 3.8) is 0 Å². The van der Waals surface area contributed by atoms with Crippen molar-refractivity contribution in [3.05, 3.63) is 30.3 Å². The molecule has 2 fully saturated rings. The number of piperazine rings is 1. The van der Waals surface area contributed by atoms with E-state index in [1.807, 2.05) is 6.07 Å². The predicted octanol–water partition coefficient (Wildman–Crippen LogP) is 0.281. The van der Waals surface area contributed by atoms with Gasteiger partial charge in [0.05, 0.1) is 0 Å². The molecule has 7 heteroatoms. The predicted molar refractivity (Wildman–Crippen MR) is 89.9 cm³/mol. The maximum absolute atomic E-state index is 12.2. The minimum absolute atomic E-state index is 0.125. The Bertz CT molecular complexity index is 552. The average Bonchev–Trinajstić information content (AvgIpc) is 3.15. The van der Waals surface area contributed by atoms with Crippen molar-refractivity contribution in [2.24, 2.45) is 0 Å². The van der Waals surface area contributed by atoms with Gasteiger partial charge in [0.1, 0.15) is 12.3 Å². The fourth-order valence-electron chi connectivity index (χ4n) is 3.16. The molecule has 0 aromatic heterocycles. The van der Waals surface area contributed by atoms with Crippen LogP contribution in [0.2, 0.25) is 0 Å². The Balaban J connectivity index is 1.37. The summed E-state index contributed by atoms with van der Waals surface area (Å²) in [6.07, 6.45) is 1.18. The topological polar surface area (TPSA) is 73.9 Å². The van der Waals surface area contributed by atoms with Crippen molar-refractivity contribution in [2.75, 3.05) is 45.8 Å². The van der Waals surface area contributed by atoms with Gasteiger partial charge in [-0.1, -0.05) is 18.2 Å². The molecule has 3 rings (SSSR count). The number of hydrogen-bond donors (Lipinski definition) is 2. The summed E-state index contributed by atoms with van der Waals surface area (Å²) in [4.78, 5) is 28.1. The zero-order valence-electron chi connectivity index (χ0n) is 13.7. The van der Waals surface area contributed by atoms with E-state index < -0.39 is 5.97 Å². The Morgan fingerprint density at radius 1 is 1.17 bits per heavy atom. The van der Waals surface area contributed by atoms with Crippen LogP contribution in [-0.2, 0) is 4.79 Å². The molecule has 24 heavy (non-hydrogen) atoms. The molecule has 2 saturated heterocycles. The van der Waals surface area contributed by atoms with Crippen molar-refractivity contribution >= 4 is 12.0 Å². The lowest BCUT2D eigenvalue weighted by molar-refractivity contribution is -0.133. The summed E-state index contributed by atoms with van der Waals surface area (Å²) >= 11 is 0. The van der Waals surface area contributed by atoms with Gasteiger partial charge in [-0.15, -0.1) is 0 Å². The van der Waals surface area contributed by atoms with Crippen LogP contribution in [0, 0.1) is 0 Å². The van der Waals surface area contributed by atoms with Crippen LogP contribution < -0.4 is 15.4 Å². The standard InChI is InChI=1S/C17H24N4O3/c22-16(24-15-4-2-1-3-5-15)13-19-17(23)21-10-8-20(9-11-21)14-6-7-18-12-14/h1-5,14,18H,6-13H2,(H,19,23). The van der Waals surface area contributed by atoms with E-state index in [0.717, 1.165) is 26.2 Å². The van der Waals surface area contributed by atoms with E-state index in [1.165, 1.54) is 6.42 Å². The molecule has 2 aliphatic heterocycles. The van der Waals surface area contributed by atoms with E-state index in [1.54, 1.807) is 29.2 Å². The summed E-state index contributed by atoms with van der Waals surface area (Å²) in [5.74, 6) is 0.0146. The number of ether oxygens (including phenoxy) is 1. The highest BCUT2D eigenvalue weighted by Crippen LogP contribution is 2.12. The van der Waals surface area contributed by atoms with Gasteiger partial charge in [0.25, 0.3) is 0 Å². The second-order valence-electron chi connectivity index (χ2n) is 6.12. The van der Waals surface area contributed by atoms with Gasteiger partial charge in [-0.25, -0.2) is 9.59 Å². The third-order valence-corrected chi connectivity index (χ3v) is 4.51. The third-order valence-electron chi connectivity index (χ3n) is 4.51. The van der Waals surface area contributed by atoms with Crippen molar-refractivity contribution in [1.82, 2.24) is 20.4 Å². The molecule has 1 unspecified atom stereocenters. The normalized spacial score (nSPS) is 21.5. The molecule has 0 radical (unpaired) electrons. The highest BCUT2D eigenvalue weighted by Gasteiger charge is 2.27. The largest absolute Gasteiger partial charge is 0.425 e. The Kier molecular flexibility index (Phi) is 5.66. The maximum atomic E-state index is 12.2. The van der Waals surface area contributed by atoms with Crippen molar-refractivity contribution in [2.45, 2.75) is 12.5 Å². The van der Waals surface area contributed by atoms with Crippen molar-refractivity contribution < 1.29 is 14.3 Å². The lowest BCUT2D eigenvalue weighted by Crippen LogP contribution is -2.55. The van der Waals surface area contributed by atoms with E-state index in [9.17, 15) is 9.59 Å². The average molecular weight is 332 g/mol. The van der Waals surface area contributed by atoms with Crippen molar-refractivity contribution in [3.8, 4) is 5.75 Å². The second kappa shape index (κ2) is 8.12. The number of para-hydroxylation sites is 1. The Labute approximate surface area is 141 Å². The first kappa shape index (κ1) is 16.7.